The van der Waals surface area contributed by atoms with E-state index in [1.54, 1.807) is 11.3 Å². The van der Waals surface area contributed by atoms with E-state index in [0.29, 0.717) is 16.8 Å². The number of quaternary nitrogens is 1. The van der Waals surface area contributed by atoms with Crippen molar-refractivity contribution in [1.82, 2.24) is 10.2 Å². The van der Waals surface area contributed by atoms with Gasteiger partial charge in [-0.15, -0.1) is 21.5 Å². The molecule has 2 atom stereocenters. The van der Waals surface area contributed by atoms with Crippen LogP contribution in [0.2, 0.25) is 5.02 Å². The molecule has 4 rings (SSSR count). The number of hydrogen-bond donors (Lipinski definition) is 1. The lowest BCUT2D eigenvalue weighted by atomic mass is 10.0. The maximum absolute atomic E-state index is 6.07. The summed E-state index contributed by atoms with van der Waals surface area (Å²) in [6.45, 7) is 4.19. The number of hydrogen-bond acceptors (Lipinski definition) is 4. The van der Waals surface area contributed by atoms with Gasteiger partial charge in [0.25, 0.3) is 5.89 Å². The smallest absolute Gasteiger partial charge is 0.274 e. The van der Waals surface area contributed by atoms with E-state index in [9.17, 15) is 0 Å². The van der Waals surface area contributed by atoms with Crippen LogP contribution < -0.4 is 5.32 Å². The zero-order valence-electron chi connectivity index (χ0n) is 15.7. The molecule has 2 N–H and O–H groups in total. The molecule has 0 amide bonds. The first-order chi connectivity index (χ1) is 13.6. The van der Waals surface area contributed by atoms with Gasteiger partial charge in [0.05, 0.1) is 4.88 Å². The van der Waals surface area contributed by atoms with Gasteiger partial charge in [0.1, 0.15) is 6.04 Å². The van der Waals surface area contributed by atoms with Gasteiger partial charge in [-0.05, 0) is 43.5 Å². The van der Waals surface area contributed by atoms with Crippen LogP contribution in [0.5, 0.6) is 0 Å². The van der Waals surface area contributed by atoms with Crippen molar-refractivity contribution >= 4 is 22.9 Å². The summed E-state index contributed by atoms with van der Waals surface area (Å²) >= 11 is 7.83. The molecule has 2 aromatic carbocycles. The van der Waals surface area contributed by atoms with Crippen LogP contribution in [0.25, 0.3) is 11.5 Å². The van der Waals surface area contributed by atoms with Gasteiger partial charge in [0.2, 0.25) is 5.89 Å². The SMILES string of the molecule is Cc1ccc([C@@H]([NH2+][C@@H](C)c2nnc(-c3cccc(Cl)c3)o2)c2cccs2)cc1. The first-order valence-electron chi connectivity index (χ1n) is 9.14. The highest BCUT2D eigenvalue weighted by atomic mass is 35.5. The second-order valence-corrected chi connectivity index (χ2v) is 8.26. The minimum Gasteiger partial charge on any atom is -0.415 e. The fourth-order valence-electron chi connectivity index (χ4n) is 3.14. The molecule has 2 heterocycles. The van der Waals surface area contributed by atoms with E-state index in [-0.39, 0.29) is 12.1 Å². The number of thiophene rings is 1. The first kappa shape index (κ1) is 18.9. The topological polar surface area (TPSA) is 55.5 Å². The summed E-state index contributed by atoms with van der Waals surface area (Å²) in [5, 5.41) is 13.5. The van der Waals surface area contributed by atoms with Crippen LogP contribution in [0, 0.1) is 6.92 Å². The predicted molar refractivity (Wildman–Crippen MR) is 112 cm³/mol. The molecular weight excluding hydrogens is 390 g/mol. The third-order valence-electron chi connectivity index (χ3n) is 4.67. The Kier molecular flexibility index (Phi) is 5.57. The van der Waals surface area contributed by atoms with E-state index in [0.717, 1.165) is 5.56 Å². The molecule has 28 heavy (non-hydrogen) atoms. The van der Waals surface area contributed by atoms with Crippen molar-refractivity contribution in [2.45, 2.75) is 25.9 Å². The lowest BCUT2D eigenvalue weighted by Gasteiger charge is -2.18. The Bertz CT molecular complexity index is 1040. The fraction of sp³-hybridized carbons (Fsp3) is 0.182. The van der Waals surface area contributed by atoms with Gasteiger partial charge in [-0.2, -0.15) is 0 Å². The molecule has 0 saturated carbocycles. The van der Waals surface area contributed by atoms with Crippen molar-refractivity contribution in [2.24, 2.45) is 0 Å². The largest absolute Gasteiger partial charge is 0.415 e. The van der Waals surface area contributed by atoms with Gasteiger partial charge in [0, 0.05) is 16.1 Å². The monoisotopic (exact) mass is 410 g/mol. The van der Waals surface area contributed by atoms with Crippen LogP contribution in [0.4, 0.5) is 0 Å². The van der Waals surface area contributed by atoms with E-state index in [4.69, 9.17) is 16.0 Å². The number of nitrogens with two attached hydrogens (primary N) is 1. The molecule has 4 aromatic rings. The highest BCUT2D eigenvalue weighted by molar-refractivity contribution is 7.10. The van der Waals surface area contributed by atoms with Crippen molar-refractivity contribution in [1.29, 1.82) is 0 Å². The number of benzene rings is 2. The molecule has 0 unspecified atom stereocenters. The van der Waals surface area contributed by atoms with Crippen molar-refractivity contribution in [3.63, 3.8) is 0 Å². The average Bonchev–Trinajstić information content (AvgIpc) is 3.39. The highest BCUT2D eigenvalue weighted by Gasteiger charge is 2.26. The van der Waals surface area contributed by atoms with Gasteiger partial charge in [0.15, 0.2) is 6.04 Å². The van der Waals surface area contributed by atoms with E-state index >= 15 is 0 Å². The second-order valence-electron chi connectivity index (χ2n) is 6.84. The maximum Gasteiger partial charge on any atom is 0.274 e. The van der Waals surface area contributed by atoms with Crippen molar-refractivity contribution in [2.75, 3.05) is 0 Å². The molecule has 0 bridgehead atoms. The second kappa shape index (κ2) is 8.27. The van der Waals surface area contributed by atoms with Gasteiger partial charge >= 0.3 is 0 Å². The molecule has 2 aromatic heterocycles. The Hall–Kier alpha value is -2.47. The van der Waals surface area contributed by atoms with Gasteiger partial charge in [-0.3, -0.25) is 0 Å². The molecule has 142 valence electrons. The molecule has 6 heteroatoms. The van der Waals surface area contributed by atoms with Crippen LogP contribution in [-0.2, 0) is 0 Å². The molecule has 0 fully saturated rings. The zero-order valence-corrected chi connectivity index (χ0v) is 17.2. The molecule has 0 aliphatic heterocycles. The molecule has 0 saturated heterocycles. The van der Waals surface area contributed by atoms with E-state index < -0.39 is 0 Å². The summed E-state index contributed by atoms with van der Waals surface area (Å²) in [5.74, 6) is 1.09. The Morgan fingerprint density at radius 1 is 1.04 bits per heavy atom. The van der Waals surface area contributed by atoms with E-state index in [1.165, 1.54) is 16.0 Å². The number of halogens is 1. The summed E-state index contributed by atoms with van der Waals surface area (Å²) in [4.78, 5) is 1.30. The van der Waals surface area contributed by atoms with Crippen LogP contribution in [0.1, 0.15) is 40.9 Å². The number of rotatable bonds is 6. The molecule has 0 radical (unpaired) electrons. The molecule has 0 aliphatic carbocycles. The Morgan fingerprint density at radius 2 is 1.86 bits per heavy atom. The van der Waals surface area contributed by atoms with E-state index in [2.05, 4.69) is 71.1 Å². The third-order valence-corrected chi connectivity index (χ3v) is 5.86. The normalized spacial score (nSPS) is 13.4. The summed E-state index contributed by atoms with van der Waals surface area (Å²) < 4.78 is 5.95. The maximum atomic E-state index is 6.07. The average molecular weight is 411 g/mol. The van der Waals surface area contributed by atoms with Crippen LogP contribution >= 0.6 is 22.9 Å². The number of aryl methyl sites for hydroxylation is 1. The highest BCUT2D eigenvalue weighted by Crippen LogP contribution is 2.26. The summed E-state index contributed by atoms with van der Waals surface area (Å²) in [7, 11) is 0. The standard InChI is InChI=1S/C22H20ClN3OS/c1-14-8-10-16(11-9-14)20(19-7-4-12-28-19)24-15(2)21-25-26-22(27-21)17-5-3-6-18(23)13-17/h3-13,15,20,24H,1-2H3/p+1/t15-,20+/m0/s1. The minimum absolute atomic E-state index is 0.00818. The van der Waals surface area contributed by atoms with Gasteiger partial charge < -0.3 is 9.73 Å². The Balaban J connectivity index is 1.58. The summed E-state index contributed by atoms with van der Waals surface area (Å²) in [6, 6.07) is 20.6. The quantitative estimate of drug-likeness (QED) is 0.476. The first-order valence-corrected chi connectivity index (χ1v) is 10.4. The van der Waals surface area contributed by atoms with E-state index in [1.807, 2.05) is 24.3 Å². The van der Waals surface area contributed by atoms with Crippen LogP contribution in [0.15, 0.2) is 70.5 Å². The Morgan fingerprint density at radius 3 is 2.57 bits per heavy atom. The molecule has 0 aliphatic rings. The van der Waals surface area contributed by atoms with Crippen LogP contribution in [-0.4, -0.2) is 10.2 Å². The van der Waals surface area contributed by atoms with Crippen LogP contribution in [0.3, 0.4) is 0 Å². The lowest BCUT2D eigenvalue weighted by Crippen LogP contribution is -2.85. The Labute approximate surface area is 173 Å². The fourth-order valence-corrected chi connectivity index (χ4v) is 4.16. The third kappa shape index (κ3) is 4.17. The lowest BCUT2D eigenvalue weighted by molar-refractivity contribution is -0.725. The number of nitrogens with zero attached hydrogens (tertiary/aromatic N) is 2. The molecule has 4 nitrogen and oxygen atoms in total. The predicted octanol–water partition coefficient (Wildman–Crippen LogP) is 5.17. The molecule has 0 spiro atoms. The van der Waals surface area contributed by atoms with Crippen molar-refractivity contribution in [3.8, 4) is 11.5 Å². The van der Waals surface area contributed by atoms with Gasteiger partial charge in [-0.25, -0.2) is 0 Å². The number of aromatic nitrogens is 2. The molecular formula is C22H21ClN3OS+. The van der Waals surface area contributed by atoms with Crippen molar-refractivity contribution in [3.05, 3.63) is 93.0 Å². The minimum atomic E-state index is 0.00818. The van der Waals surface area contributed by atoms with Crippen molar-refractivity contribution < 1.29 is 9.73 Å². The summed E-state index contributed by atoms with van der Waals surface area (Å²) in [5.41, 5.74) is 3.34. The summed E-state index contributed by atoms with van der Waals surface area (Å²) in [6.07, 6.45) is 0. The van der Waals surface area contributed by atoms with Gasteiger partial charge in [-0.1, -0.05) is 53.6 Å². The zero-order chi connectivity index (χ0) is 19.5.